The van der Waals surface area contributed by atoms with Crippen molar-refractivity contribution < 1.29 is 14.7 Å². The van der Waals surface area contributed by atoms with Crippen LogP contribution in [0.5, 0.6) is 5.75 Å². The van der Waals surface area contributed by atoms with Crippen molar-refractivity contribution in [3.05, 3.63) is 63.4 Å². The number of ether oxygens (including phenoxy) is 1. The van der Waals surface area contributed by atoms with Crippen LogP contribution < -0.4 is 15.3 Å². The number of carbonyl (C=O) groups is 1. The Morgan fingerprint density at radius 3 is 2.81 bits per heavy atom. The zero-order valence-electron chi connectivity index (χ0n) is 14.9. The molecule has 8 heteroatoms. The van der Waals surface area contributed by atoms with Gasteiger partial charge in [-0.3, -0.25) is 10.0 Å². The minimum atomic E-state index is -0.418. The number of benzene rings is 2. The summed E-state index contributed by atoms with van der Waals surface area (Å²) in [5.41, 5.74) is 3.18. The van der Waals surface area contributed by atoms with Crippen LogP contribution in [-0.4, -0.2) is 29.8 Å². The van der Waals surface area contributed by atoms with Crippen LogP contribution in [0.4, 0.5) is 5.69 Å². The molecule has 0 unspecified atom stereocenters. The molecule has 0 spiro atoms. The van der Waals surface area contributed by atoms with E-state index in [-0.39, 0.29) is 21.5 Å². The van der Waals surface area contributed by atoms with E-state index in [4.69, 9.17) is 21.5 Å². The fraction of sp³-hybridized carbons (Fsp3) is 0.211. The standard InChI is InChI=1S/C19H19ClN3O4/c1-11-14(15-10-13(27-2)4-6-18(15)22-11)7-8-21-19(24)16-9-12(23(25)26)3-5-17(16)20/h3-6,9-10,22,25H,7-8H2,1-2H3,(H,21,24)/q-1. The van der Waals surface area contributed by atoms with E-state index in [1.807, 2.05) is 25.1 Å². The molecule has 0 fully saturated rings. The van der Waals surface area contributed by atoms with Gasteiger partial charge in [-0.15, -0.1) is 0 Å². The summed E-state index contributed by atoms with van der Waals surface area (Å²) in [7, 11) is 1.62. The molecule has 0 radical (unpaired) electrons. The number of rotatable bonds is 6. The lowest BCUT2D eigenvalue weighted by atomic mass is 10.1. The number of methoxy groups -OCH3 is 1. The van der Waals surface area contributed by atoms with Crippen LogP contribution in [0.3, 0.4) is 0 Å². The number of nitrogens with zero attached hydrogens (tertiary/aromatic N) is 1. The van der Waals surface area contributed by atoms with Gasteiger partial charge >= 0.3 is 0 Å². The first-order valence-corrected chi connectivity index (χ1v) is 8.67. The number of amides is 1. The number of anilines is 1. The average Bonchev–Trinajstić information content (AvgIpc) is 2.96. The zero-order chi connectivity index (χ0) is 19.6. The van der Waals surface area contributed by atoms with Gasteiger partial charge in [0.05, 0.1) is 23.4 Å². The Labute approximate surface area is 161 Å². The van der Waals surface area contributed by atoms with E-state index >= 15 is 0 Å². The second kappa shape index (κ2) is 7.87. The number of aromatic nitrogens is 1. The molecule has 1 heterocycles. The van der Waals surface area contributed by atoms with Gasteiger partial charge in [-0.1, -0.05) is 11.6 Å². The third-order valence-corrected chi connectivity index (χ3v) is 4.73. The molecular weight excluding hydrogens is 370 g/mol. The first-order valence-electron chi connectivity index (χ1n) is 8.29. The first-order chi connectivity index (χ1) is 12.9. The maximum Gasteiger partial charge on any atom is 0.252 e. The molecule has 27 heavy (non-hydrogen) atoms. The Morgan fingerprint density at radius 2 is 2.11 bits per heavy atom. The van der Waals surface area contributed by atoms with Crippen molar-refractivity contribution in [2.75, 3.05) is 18.9 Å². The number of hydrogen-bond donors (Lipinski definition) is 3. The van der Waals surface area contributed by atoms with Crippen molar-refractivity contribution in [2.24, 2.45) is 0 Å². The number of carbonyl (C=O) groups excluding carboxylic acids is 1. The van der Waals surface area contributed by atoms with Crippen molar-refractivity contribution in [1.29, 1.82) is 0 Å². The van der Waals surface area contributed by atoms with Gasteiger partial charge in [-0.2, -0.15) is 0 Å². The number of nitrogens with one attached hydrogen (secondary N) is 2. The number of fused-ring (bicyclic) bond motifs is 1. The minimum Gasteiger partial charge on any atom is -0.733 e. The normalized spacial score (nSPS) is 10.9. The summed E-state index contributed by atoms with van der Waals surface area (Å²) in [6.07, 6.45) is 0.607. The summed E-state index contributed by atoms with van der Waals surface area (Å²) in [5.74, 6) is 0.348. The Hall–Kier alpha value is -2.74. The number of aromatic amines is 1. The van der Waals surface area contributed by atoms with Gasteiger partial charge in [0.2, 0.25) is 0 Å². The molecule has 0 bridgehead atoms. The molecule has 0 atom stereocenters. The van der Waals surface area contributed by atoms with Gasteiger partial charge in [0.25, 0.3) is 5.91 Å². The maximum atomic E-state index is 12.4. The lowest BCUT2D eigenvalue weighted by Gasteiger charge is -2.22. The van der Waals surface area contributed by atoms with E-state index in [1.165, 1.54) is 18.2 Å². The Balaban J connectivity index is 1.73. The number of aryl methyl sites for hydroxylation is 1. The fourth-order valence-electron chi connectivity index (χ4n) is 3.01. The van der Waals surface area contributed by atoms with Gasteiger partial charge in [0.15, 0.2) is 0 Å². The number of halogens is 1. The van der Waals surface area contributed by atoms with E-state index in [0.29, 0.717) is 13.0 Å². The highest BCUT2D eigenvalue weighted by Gasteiger charge is 2.13. The lowest BCUT2D eigenvalue weighted by molar-refractivity contribution is 0.0954. The third kappa shape index (κ3) is 4.00. The van der Waals surface area contributed by atoms with Gasteiger partial charge in [-0.25, -0.2) is 0 Å². The van der Waals surface area contributed by atoms with Crippen LogP contribution in [0.1, 0.15) is 21.6 Å². The van der Waals surface area contributed by atoms with E-state index < -0.39 is 5.91 Å². The molecule has 142 valence electrons. The molecule has 3 N–H and O–H groups in total. The predicted octanol–water partition coefficient (Wildman–Crippen LogP) is 3.80. The predicted molar refractivity (Wildman–Crippen MR) is 105 cm³/mol. The summed E-state index contributed by atoms with van der Waals surface area (Å²) < 4.78 is 5.28. The number of hydrogen-bond acceptors (Lipinski definition) is 5. The molecule has 0 aliphatic carbocycles. The van der Waals surface area contributed by atoms with Crippen LogP contribution in [0.25, 0.3) is 10.9 Å². The van der Waals surface area contributed by atoms with Gasteiger partial charge < -0.3 is 25.5 Å². The van der Waals surface area contributed by atoms with Gasteiger partial charge in [0, 0.05) is 23.1 Å². The maximum absolute atomic E-state index is 12.4. The Kier molecular flexibility index (Phi) is 5.55. The summed E-state index contributed by atoms with van der Waals surface area (Å²) in [6.45, 7) is 2.36. The molecule has 0 saturated heterocycles. The summed E-state index contributed by atoms with van der Waals surface area (Å²) >= 11 is 6.03. The second-order valence-corrected chi connectivity index (χ2v) is 6.49. The minimum absolute atomic E-state index is 0.0656. The van der Waals surface area contributed by atoms with Crippen LogP contribution >= 0.6 is 11.6 Å². The second-order valence-electron chi connectivity index (χ2n) is 6.08. The van der Waals surface area contributed by atoms with Crippen molar-refractivity contribution >= 4 is 34.1 Å². The Bertz CT molecular complexity index is 984. The van der Waals surface area contributed by atoms with Gasteiger partial charge in [-0.05, 0) is 55.3 Å². The Morgan fingerprint density at radius 1 is 1.33 bits per heavy atom. The summed E-state index contributed by atoms with van der Waals surface area (Å²) in [6, 6.07) is 9.77. The zero-order valence-corrected chi connectivity index (χ0v) is 15.6. The molecule has 0 aliphatic heterocycles. The third-order valence-electron chi connectivity index (χ3n) is 4.40. The summed E-state index contributed by atoms with van der Waals surface area (Å²) in [5, 5.41) is 23.7. The van der Waals surface area contributed by atoms with Crippen molar-refractivity contribution in [3.63, 3.8) is 0 Å². The van der Waals surface area contributed by atoms with Crippen LogP contribution in [0.2, 0.25) is 5.02 Å². The highest BCUT2D eigenvalue weighted by Crippen LogP contribution is 2.27. The SMILES string of the molecule is COc1ccc2[nH]c(C)c(CCNC(=O)c3cc(N([O-])O)ccc3Cl)c2c1. The highest BCUT2D eigenvalue weighted by molar-refractivity contribution is 6.34. The lowest BCUT2D eigenvalue weighted by Crippen LogP contribution is -2.26. The molecule has 0 aliphatic rings. The molecule has 0 saturated carbocycles. The molecule has 2 aromatic carbocycles. The van der Waals surface area contributed by atoms with Crippen molar-refractivity contribution in [2.45, 2.75) is 13.3 Å². The molecule has 3 aromatic rings. The van der Waals surface area contributed by atoms with Crippen LogP contribution in [0.15, 0.2) is 36.4 Å². The quantitative estimate of drug-likeness (QED) is 0.557. The fourth-order valence-corrected chi connectivity index (χ4v) is 3.22. The molecule has 7 nitrogen and oxygen atoms in total. The monoisotopic (exact) mass is 388 g/mol. The molecule has 1 amide bonds. The molecule has 1 aromatic heterocycles. The van der Waals surface area contributed by atoms with Crippen molar-refractivity contribution in [3.8, 4) is 5.75 Å². The van der Waals surface area contributed by atoms with Crippen molar-refractivity contribution in [1.82, 2.24) is 10.3 Å². The number of H-pyrrole nitrogens is 1. The van der Waals surface area contributed by atoms with E-state index in [1.54, 1.807) is 7.11 Å². The van der Waals surface area contributed by atoms with E-state index in [2.05, 4.69) is 10.3 Å². The average molecular weight is 389 g/mol. The van der Waals surface area contributed by atoms with Crippen LogP contribution in [0, 0.1) is 12.1 Å². The van der Waals surface area contributed by atoms with E-state index in [0.717, 1.165) is 27.9 Å². The van der Waals surface area contributed by atoms with Gasteiger partial charge in [0.1, 0.15) is 5.75 Å². The van der Waals surface area contributed by atoms with E-state index in [9.17, 15) is 10.0 Å². The smallest absolute Gasteiger partial charge is 0.252 e. The highest BCUT2D eigenvalue weighted by atomic mass is 35.5. The largest absolute Gasteiger partial charge is 0.733 e. The molecular formula is C19H19ClN3O4-. The summed E-state index contributed by atoms with van der Waals surface area (Å²) in [4.78, 5) is 15.7. The van der Waals surface area contributed by atoms with Crippen LogP contribution in [-0.2, 0) is 6.42 Å². The first kappa shape index (κ1) is 19.0. The topological polar surface area (TPSA) is 101 Å². The molecule has 3 rings (SSSR count).